The largest absolute Gasteiger partial charge is 0.492 e. The first-order chi connectivity index (χ1) is 17.5. The van der Waals surface area contributed by atoms with Crippen LogP contribution in [0, 0.1) is 0 Å². The molecule has 0 bridgehead atoms. The average Bonchev–Trinajstić information content (AvgIpc) is 3.13. The summed E-state index contributed by atoms with van der Waals surface area (Å²) < 4.78 is 35.2. The molecule has 2 aliphatic heterocycles. The quantitative estimate of drug-likeness (QED) is 0.510. The van der Waals surface area contributed by atoms with Gasteiger partial charge < -0.3 is 19.5 Å². The Hall–Kier alpha value is -3.46. The molecule has 1 fully saturated rings. The Kier molecular flexibility index (Phi) is 7.18. The van der Waals surface area contributed by atoms with E-state index in [2.05, 4.69) is 5.32 Å². The van der Waals surface area contributed by atoms with Gasteiger partial charge in [-0.2, -0.15) is 0 Å². The van der Waals surface area contributed by atoms with Crippen LogP contribution in [0.25, 0.3) is 0 Å². The first-order valence-corrected chi connectivity index (χ1v) is 12.4. The summed E-state index contributed by atoms with van der Waals surface area (Å²) in [6, 6.07) is 19.4. The van der Waals surface area contributed by atoms with Gasteiger partial charge in [0, 0.05) is 45.6 Å². The van der Waals surface area contributed by atoms with E-state index in [4.69, 9.17) is 9.72 Å². The molecule has 0 spiro atoms. The molecule has 0 saturated carbocycles. The van der Waals surface area contributed by atoms with Crippen LogP contribution < -0.4 is 10.1 Å². The number of rotatable bonds is 8. The highest BCUT2D eigenvalue weighted by atomic mass is 19.3. The van der Waals surface area contributed by atoms with E-state index < -0.39 is 5.92 Å². The van der Waals surface area contributed by atoms with Crippen LogP contribution in [0.2, 0.25) is 0 Å². The van der Waals surface area contributed by atoms with Gasteiger partial charge in [0.1, 0.15) is 18.2 Å². The number of carbonyl (C=O) groups is 1. The first-order valence-electron chi connectivity index (χ1n) is 12.4. The number of alkyl halides is 2. The summed E-state index contributed by atoms with van der Waals surface area (Å²) in [7, 11) is 0. The van der Waals surface area contributed by atoms with Gasteiger partial charge in [0.05, 0.1) is 13.1 Å². The number of hydrogen-bond donors (Lipinski definition) is 1. The molecule has 1 N–H and O–H groups in total. The molecule has 2 aromatic carbocycles. The third kappa shape index (κ3) is 5.67. The van der Waals surface area contributed by atoms with Crippen molar-refractivity contribution in [1.29, 1.82) is 0 Å². The Balaban J connectivity index is 1.38. The van der Waals surface area contributed by atoms with E-state index in [0.29, 0.717) is 69.8 Å². The summed E-state index contributed by atoms with van der Waals surface area (Å²) in [6.45, 7) is 3.44. The number of nitrogens with zero attached hydrogens (tertiary/aromatic N) is 4. The number of amides is 1. The molecule has 3 aromatic rings. The maximum absolute atomic E-state index is 13.7. The van der Waals surface area contributed by atoms with Gasteiger partial charge in [-0.1, -0.05) is 48.5 Å². The van der Waals surface area contributed by atoms with Gasteiger partial charge in [-0.3, -0.25) is 9.69 Å². The highest BCUT2D eigenvalue weighted by Gasteiger charge is 2.35. The maximum Gasteiger partial charge on any atom is 0.274 e. The molecular weight excluding hydrogens is 464 g/mol. The number of piperidine rings is 1. The van der Waals surface area contributed by atoms with Crippen molar-refractivity contribution < 1.29 is 18.3 Å². The number of hydrogen-bond acceptors (Lipinski definition) is 5. The second-order valence-electron chi connectivity index (χ2n) is 9.31. The predicted octanol–water partition coefficient (Wildman–Crippen LogP) is 4.11. The molecule has 9 heteroatoms. The minimum absolute atomic E-state index is 0.105. The third-order valence-electron chi connectivity index (χ3n) is 6.72. The number of nitrogens with one attached hydrogen (secondary N) is 1. The monoisotopic (exact) mass is 495 g/mol. The van der Waals surface area contributed by atoms with E-state index in [1.165, 1.54) is 0 Å². The van der Waals surface area contributed by atoms with Crippen LogP contribution in [-0.2, 0) is 13.1 Å². The maximum atomic E-state index is 13.7. The minimum Gasteiger partial charge on any atom is -0.492 e. The van der Waals surface area contributed by atoms with Crippen molar-refractivity contribution in [3.05, 3.63) is 77.7 Å². The molecule has 3 heterocycles. The van der Waals surface area contributed by atoms with Crippen molar-refractivity contribution >= 4 is 11.7 Å². The number of para-hydroxylation sites is 1. The molecule has 5 rings (SSSR count). The van der Waals surface area contributed by atoms with E-state index in [1.54, 1.807) is 4.90 Å². The molecule has 0 aliphatic carbocycles. The van der Waals surface area contributed by atoms with Gasteiger partial charge >= 0.3 is 0 Å². The lowest BCUT2D eigenvalue weighted by molar-refractivity contribution is -0.0571. The van der Waals surface area contributed by atoms with Crippen molar-refractivity contribution in [3.63, 3.8) is 0 Å². The van der Waals surface area contributed by atoms with Crippen LogP contribution in [-0.4, -0.2) is 70.5 Å². The predicted molar refractivity (Wildman–Crippen MR) is 134 cm³/mol. The molecule has 36 heavy (non-hydrogen) atoms. The number of anilines is 1. The average molecular weight is 496 g/mol. The standard InChI is InChI=1S/C27H31F2N5O2/c28-27(29)11-14-32(15-12-27)20-23-31-25-24(34(23)19-21-7-3-1-4-8-21)26(35)33(16-13-30-25)17-18-36-22-9-5-2-6-10-22/h1-10,30H,11-20H2. The number of carbonyl (C=O) groups excluding carboxylic acids is 1. The van der Waals surface area contributed by atoms with Gasteiger partial charge in [-0.15, -0.1) is 0 Å². The fraction of sp³-hybridized carbons (Fsp3) is 0.407. The summed E-state index contributed by atoms with van der Waals surface area (Å²) >= 11 is 0. The Bertz CT molecular complexity index is 1160. The molecule has 7 nitrogen and oxygen atoms in total. The second-order valence-corrected chi connectivity index (χ2v) is 9.31. The number of fused-ring (bicyclic) bond motifs is 1. The summed E-state index contributed by atoms with van der Waals surface area (Å²) in [6.07, 6.45) is -0.309. The second kappa shape index (κ2) is 10.7. The Morgan fingerprint density at radius 2 is 1.64 bits per heavy atom. The van der Waals surface area contributed by atoms with Gasteiger partial charge in [-0.25, -0.2) is 13.8 Å². The fourth-order valence-electron chi connectivity index (χ4n) is 4.70. The SMILES string of the molecule is O=C1c2c(nc(CN3CCC(F)(F)CC3)n2Cc2ccccc2)NCCN1CCOc1ccccc1. The number of ether oxygens (including phenoxy) is 1. The number of halogens is 2. The highest BCUT2D eigenvalue weighted by molar-refractivity contribution is 5.98. The third-order valence-corrected chi connectivity index (χ3v) is 6.72. The summed E-state index contributed by atoms with van der Waals surface area (Å²) in [5.41, 5.74) is 1.55. The fourth-order valence-corrected chi connectivity index (χ4v) is 4.70. The lowest BCUT2D eigenvalue weighted by Crippen LogP contribution is -2.40. The Morgan fingerprint density at radius 3 is 2.36 bits per heavy atom. The Morgan fingerprint density at radius 1 is 0.944 bits per heavy atom. The molecule has 0 unspecified atom stereocenters. The summed E-state index contributed by atoms with van der Waals surface area (Å²) in [4.78, 5) is 22.3. The van der Waals surface area contributed by atoms with Gasteiger partial charge in [0.25, 0.3) is 11.8 Å². The molecule has 0 radical (unpaired) electrons. The number of aromatic nitrogens is 2. The van der Waals surface area contributed by atoms with Gasteiger partial charge in [0.2, 0.25) is 0 Å². The van der Waals surface area contributed by atoms with Gasteiger partial charge in [0.15, 0.2) is 11.5 Å². The van der Waals surface area contributed by atoms with Crippen molar-refractivity contribution in [2.75, 3.05) is 44.6 Å². The molecule has 1 aromatic heterocycles. The zero-order valence-corrected chi connectivity index (χ0v) is 20.2. The molecule has 0 atom stereocenters. The first kappa shape index (κ1) is 24.2. The Labute approximate surface area is 209 Å². The smallest absolute Gasteiger partial charge is 0.274 e. The van der Waals surface area contributed by atoms with E-state index in [-0.39, 0.29) is 18.7 Å². The lowest BCUT2D eigenvalue weighted by atomic mass is 10.1. The molecule has 2 aliphatic rings. The zero-order valence-electron chi connectivity index (χ0n) is 20.2. The van der Waals surface area contributed by atoms with Crippen LogP contribution in [0.15, 0.2) is 60.7 Å². The summed E-state index contributed by atoms with van der Waals surface area (Å²) in [5.74, 6) is -0.682. The van der Waals surface area contributed by atoms with Crippen LogP contribution in [0.1, 0.15) is 34.7 Å². The molecule has 1 amide bonds. The van der Waals surface area contributed by atoms with E-state index in [1.807, 2.05) is 70.1 Å². The van der Waals surface area contributed by atoms with Crippen molar-refractivity contribution in [2.24, 2.45) is 0 Å². The normalized spacial score (nSPS) is 17.8. The molecule has 1 saturated heterocycles. The van der Waals surface area contributed by atoms with Crippen LogP contribution >= 0.6 is 0 Å². The zero-order chi connectivity index (χ0) is 25.0. The minimum atomic E-state index is -2.60. The number of benzene rings is 2. The van der Waals surface area contributed by atoms with Crippen LogP contribution in [0.3, 0.4) is 0 Å². The topological polar surface area (TPSA) is 62.6 Å². The summed E-state index contributed by atoms with van der Waals surface area (Å²) in [5, 5.41) is 3.32. The van der Waals surface area contributed by atoms with Crippen LogP contribution in [0.4, 0.5) is 14.6 Å². The van der Waals surface area contributed by atoms with Crippen molar-refractivity contribution in [1.82, 2.24) is 19.4 Å². The van der Waals surface area contributed by atoms with E-state index in [0.717, 1.165) is 11.3 Å². The molecular formula is C27H31F2N5O2. The van der Waals surface area contributed by atoms with Crippen molar-refractivity contribution in [2.45, 2.75) is 31.9 Å². The van der Waals surface area contributed by atoms with E-state index >= 15 is 0 Å². The number of imidazole rings is 1. The lowest BCUT2D eigenvalue weighted by Gasteiger charge is -2.31. The highest BCUT2D eigenvalue weighted by Crippen LogP contribution is 2.30. The number of likely N-dealkylation sites (tertiary alicyclic amines) is 1. The molecule has 190 valence electrons. The van der Waals surface area contributed by atoms with Gasteiger partial charge in [-0.05, 0) is 17.7 Å². The van der Waals surface area contributed by atoms with Crippen LogP contribution in [0.5, 0.6) is 5.75 Å². The van der Waals surface area contributed by atoms with E-state index in [9.17, 15) is 13.6 Å². The van der Waals surface area contributed by atoms with Crippen molar-refractivity contribution in [3.8, 4) is 5.75 Å².